The van der Waals surface area contributed by atoms with Gasteiger partial charge in [0.05, 0.1) is 11.1 Å². The molecule has 4 heteroatoms. The number of nitrogens with one attached hydrogen (secondary N) is 1. The largest absolute Gasteiger partial charge is 0.358 e. The fourth-order valence-corrected chi connectivity index (χ4v) is 3.51. The predicted molar refractivity (Wildman–Crippen MR) is 78.4 cm³/mol. The number of aromatic amines is 1. The summed E-state index contributed by atoms with van der Waals surface area (Å²) in [7, 11) is 0. The van der Waals surface area contributed by atoms with Gasteiger partial charge in [0.1, 0.15) is 0 Å². The quantitative estimate of drug-likeness (QED) is 0.874. The van der Waals surface area contributed by atoms with E-state index in [0.29, 0.717) is 34.2 Å². The van der Waals surface area contributed by atoms with E-state index in [9.17, 15) is 9.59 Å². The summed E-state index contributed by atoms with van der Waals surface area (Å²) >= 11 is 5.98. The molecule has 3 nitrogen and oxygen atoms in total. The van der Waals surface area contributed by atoms with Crippen LogP contribution in [0.5, 0.6) is 0 Å². The van der Waals surface area contributed by atoms with Crippen molar-refractivity contribution in [3.63, 3.8) is 0 Å². The van der Waals surface area contributed by atoms with Gasteiger partial charge in [0.25, 0.3) is 0 Å². The number of carbonyl (C=O) groups excluding carboxylic acids is 1. The average Bonchev–Trinajstić information content (AvgIpc) is 3.21. The molecule has 1 saturated carbocycles. The normalized spacial score (nSPS) is 22.1. The number of halogens is 1. The number of fused-ring (bicyclic) bond motifs is 2. The zero-order valence-electron chi connectivity index (χ0n) is 10.9. The molecule has 1 aromatic heterocycles. The zero-order chi connectivity index (χ0) is 13.9. The Balaban J connectivity index is 1.94. The zero-order valence-corrected chi connectivity index (χ0v) is 11.7. The van der Waals surface area contributed by atoms with E-state index in [4.69, 9.17) is 11.6 Å². The summed E-state index contributed by atoms with van der Waals surface area (Å²) in [5, 5.41) is 1.14. The second-order valence-corrected chi connectivity index (χ2v) is 6.36. The molecule has 1 aromatic carbocycles. The van der Waals surface area contributed by atoms with Crippen molar-refractivity contribution in [2.24, 2.45) is 11.8 Å². The highest BCUT2D eigenvalue weighted by molar-refractivity contribution is 6.31. The summed E-state index contributed by atoms with van der Waals surface area (Å²) in [6, 6.07) is 5.13. The molecule has 2 aliphatic rings. The van der Waals surface area contributed by atoms with Gasteiger partial charge < -0.3 is 4.98 Å². The van der Waals surface area contributed by atoms with E-state index in [1.54, 1.807) is 18.2 Å². The maximum Gasteiger partial charge on any atom is 0.200 e. The summed E-state index contributed by atoms with van der Waals surface area (Å²) in [6.07, 6.45) is 3.77. The van der Waals surface area contributed by atoms with E-state index in [-0.39, 0.29) is 11.2 Å². The topological polar surface area (TPSA) is 49.9 Å². The summed E-state index contributed by atoms with van der Waals surface area (Å²) in [6.45, 7) is 0. The molecule has 0 spiro atoms. The number of carbonyl (C=O) groups is 1. The Morgan fingerprint density at radius 2 is 1.90 bits per heavy atom. The Labute approximate surface area is 121 Å². The molecule has 0 amide bonds. The SMILES string of the molecule is O=C1CC(C2CC2)Cc2[nH]c3cc(Cl)ccc3c(=O)c21. The molecular weight excluding hydrogens is 274 g/mol. The highest BCUT2D eigenvalue weighted by Crippen LogP contribution is 2.42. The highest BCUT2D eigenvalue weighted by atomic mass is 35.5. The molecule has 2 aliphatic carbocycles. The molecule has 2 aromatic rings. The van der Waals surface area contributed by atoms with Crippen LogP contribution in [0.4, 0.5) is 0 Å². The van der Waals surface area contributed by atoms with Crippen molar-refractivity contribution in [1.82, 2.24) is 4.98 Å². The van der Waals surface area contributed by atoms with Crippen LogP contribution in [0.3, 0.4) is 0 Å². The van der Waals surface area contributed by atoms with Crippen LogP contribution in [-0.4, -0.2) is 10.8 Å². The van der Waals surface area contributed by atoms with Gasteiger partial charge in [-0.1, -0.05) is 11.6 Å². The Morgan fingerprint density at radius 1 is 1.10 bits per heavy atom. The van der Waals surface area contributed by atoms with Crippen molar-refractivity contribution >= 4 is 28.3 Å². The molecule has 102 valence electrons. The van der Waals surface area contributed by atoms with Gasteiger partial charge in [0.2, 0.25) is 0 Å². The molecule has 1 heterocycles. The number of rotatable bonds is 1. The molecule has 0 radical (unpaired) electrons. The standard InChI is InChI=1S/C16H14ClNO2/c17-10-3-4-11-12(7-10)18-13-5-9(8-1-2-8)6-14(19)15(13)16(11)20/h3-4,7-9H,1-2,5-6H2,(H,18,20). The van der Waals surface area contributed by atoms with E-state index in [1.165, 1.54) is 12.8 Å². The van der Waals surface area contributed by atoms with Gasteiger partial charge in [0, 0.05) is 22.5 Å². The van der Waals surface area contributed by atoms with Crippen molar-refractivity contribution in [3.8, 4) is 0 Å². The van der Waals surface area contributed by atoms with Gasteiger partial charge in [-0.2, -0.15) is 0 Å². The Hall–Kier alpha value is -1.61. The van der Waals surface area contributed by atoms with Gasteiger partial charge in [-0.25, -0.2) is 0 Å². The minimum Gasteiger partial charge on any atom is -0.358 e. The number of H-pyrrole nitrogens is 1. The lowest BCUT2D eigenvalue weighted by Crippen LogP contribution is -2.29. The van der Waals surface area contributed by atoms with Crippen molar-refractivity contribution in [2.75, 3.05) is 0 Å². The van der Waals surface area contributed by atoms with Gasteiger partial charge >= 0.3 is 0 Å². The average molecular weight is 288 g/mol. The molecule has 0 aliphatic heterocycles. The molecule has 1 unspecified atom stereocenters. The van der Waals surface area contributed by atoms with Crippen LogP contribution in [0.25, 0.3) is 10.9 Å². The number of hydrogen-bond acceptors (Lipinski definition) is 2. The number of pyridine rings is 1. The number of benzene rings is 1. The van der Waals surface area contributed by atoms with Crippen molar-refractivity contribution in [1.29, 1.82) is 0 Å². The van der Waals surface area contributed by atoms with Crippen LogP contribution in [0.2, 0.25) is 5.02 Å². The first kappa shape index (κ1) is 12.2. The maximum absolute atomic E-state index is 12.5. The second-order valence-electron chi connectivity index (χ2n) is 5.93. The minimum atomic E-state index is -0.148. The molecular formula is C16H14ClNO2. The van der Waals surface area contributed by atoms with Crippen LogP contribution in [-0.2, 0) is 6.42 Å². The minimum absolute atomic E-state index is 0.00116. The number of aromatic nitrogens is 1. The van der Waals surface area contributed by atoms with E-state index in [0.717, 1.165) is 17.6 Å². The summed E-state index contributed by atoms with van der Waals surface area (Å²) < 4.78 is 0. The van der Waals surface area contributed by atoms with Crippen molar-refractivity contribution in [3.05, 3.63) is 44.7 Å². The van der Waals surface area contributed by atoms with E-state index < -0.39 is 0 Å². The van der Waals surface area contributed by atoms with Crippen LogP contribution in [0.1, 0.15) is 35.3 Å². The summed E-state index contributed by atoms with van der Waals surface area (Å²) in [5.41, 5.74) is 1.75. The van der Waals surface area contributed by atoms with Crippen LogP contribution >= 0.6 is 11.6 Å². The van der Waals surface area contributed by atoms with Gasteiger partial charge in [0.15, 0.2) is 11.2 Å². The second kappa shape index (κ2) is 4.19. The maximum atomic E-state index is 12.5. The van der Waals surface area contributed by atoms with E-state index in [2.05, 4.69) is 4.98 Å². The van der Waals surface area contributed by atoms with E-state index >= 15 is 0 Å². The van der Waals surface area contributed by atoms with Gasteiger partial charge in [-0.15, -0.1) is 0 Å². The fraction of sp³-hybridized carbons (Fsp3) is 0.375. The molecule has 4 rings (SSSR count). The lowest BCUT2D eigenvalue weighted by atomic mass is 9.82. The number of hydrogen-bond donors (Lipinski definition) is 1. The lowest BCUT2D eigenvalue weighted by Gasteiger charge is -2.23. The monoisotopic (exact) mass is 287 g/mol. The van der Waals surface area contributed by atoms with Crippen LogP contribution < -0.4 is 5.43 Å². The third-order valence-electron chi connectivity index (χ3n) is 4.52. The Kier molecular flexibility index (Phi) is 2.55. The first-order chi connectivity index (χ1) is 9.63. The lowest BCUT2D eigenvalue weighted by molar-refractivity contribution is 0.0940. The summed E-state index contributed by atoms with van der Waals surface area (Å²) in [5.74, 6) is 1.08. The van der Waals surface area contributed by atoms with Gasteiger partial charge in [-0.3, -0.25) is 9.59 Å². The first-order valence-corrected chi connectivity index (χ1v) is 7.39. The molecule has 1 atom stereocenters. The number of ketones is 1. The molecule has 1 fully saturated rings. The molecule has 0 saturated heterocycles. The first-order valence-electron chi connectivity index (χ1n) is 7.01. The van der Waals surface area contributed by atoms with Crippen LogP contribution in [0.15, 0.2) is 23.0 Å². The Bertz CT molecular complexity index is 789. The smallest absolute Gasteiger partial charge is 0.200 e. The molecule has 0 bridgehead atoms. The third kappa shape index (κ3) is 1.80. The van der Waals surface area contributed by atoms with Gasteiger partial charge in [-0.05, 0) is 49.3 Å². The summed E-state index contributed by atoms with van der Waals surface area (Å²) in [4.78, 5) is 28.1. The fourth-order valence-electron chi connectivity index (χ4n) is 3.34. The highest BCUT2D eigenvalue weighted by Gasteiger charge is 2.37. The molecule has 20 heavy (non-hydrogen) atoms. The molecule has 1 N–H and O–H groups in total. The Morgan fingerprint density at radius 3 is 2.65 bits per heavy atom. The predicted octanol–water partition coefficient (Wildman–Crippen LogP) is 3.34. The van der Waals surface area contributed by atoms with E-state index in [1.807, 2.05) is 0 Å². The van der Waals surface area contributed by atoms with Crippen LogP contribution in [0, 0.1) is 11.8 Å². The number of Topliss-reactive ketones (excluding diaryl/α,β-unsaturated/α-hetero) is 1. The third-order valence-corrected chi connectivity index (χ3v) is 4.76. The van der Waals surface area contributed by atoms with Crippen molar-refractivity contribution < 1.29 is 4.79 Å². The van der Waals surface area contributed by atoms with Crippen molar-refractivity contribution in [2.45, 2.75) is 25.7 Å².